The Morgan fingerprint density at radius 1 is 1.36 bits per heavy atom. The zero-order valence-electron chi connectivity index (χ0n) is 13.7. The molecule has 0 unspecified atom stereocenters. The number of hydrogen-bond donors (Lipinski definition) is 2. The molecule has 1 saturated heterocycles. The summed E-state index contributed by atoms with van der Waals surface area (Å²) in [5.74, 6) is 1.73. The molecule has 2 aliphatic rings. The van der Waals surface area contributed by atoms with Gasteiger partial charge in [0, 0.05) is 19.1 Å². The van der Waals surface area contributed by atoms with E-state index in [2.05, 4.69) is 18.7 Å². The van der Waals surface area contributed by atoms with Crippen LogP contribution in [-0.2, 0) is 6.42 Å². The van der Waals surface area contributed by atoms with E-state index in [0.29, 0.717) is 17.6 Å². The number of phenols is 1. The van der Waals surface area contributed by atoms with Crippen molar-refractivity contribution in [1.82, 2.24) is 4.90 Å². The summed E-state index contributed by atoms with van der Waals surface area (Å²) in [6.07, 6.45) is 2.57. The van der Waals surface area contributed by atoms with Gasteiger partial charge in [-0.1, -0.05) is 13.8 Å². The smallest absolute Gasteiger partial charge is 0.160 e. The number of aliphatic hydroxyl groups is 1. The van der Waals surface area contributed by atoms with Gasteiger partial charge in [-0.25, -0.2) is 0 Å². The third kappa shape index (κ3) is 2.82. The summed E-state index contributed by atoms with van der Waals surface area (Å²) in [5, 5.41) is 20.5. The van der Waals surface area contributed by atoms with E-state index in [9.17, 15) is 10.2 Å². The topological polar surface area (TPSA) is 52.9 Å². The van der Waals surface area contributed by atoms with Crippen molar-refractivity contribution in [2.75, 3.05) is 20.2 Å². The fourth-order valence-corrected chi connectivity index (χ4v) is 4.11. The number of methoxy groups -OCH3 is 1. The molecule has 0 aromatic heterocycles. The van der Waals surface area contributed by atoms with E-state index >= 15 is 0 Å². The van der Waals surface area contributed by atoms with E-state index in [1.165, 1.54) is 11.1 Å². The first-order chi connectivity index (χ1) is 10.5. The number of rotatable bonds is 3. The third-order valence-electron chi connectivity index (χ3n) is 5.16. The minimum absolute atomic E-state index is 0.212. The van der Waals surface area contributed by atoms with Gasteiger partial charge in [-0.15, -0.1) is 0 Å². The van der Waals surface area contributed by atoms with Gasteiger partial charge in [0.15, 0.2) is 11.5 Å². The second kappa shape index (κ2) is 6.09. The molecule has 4 nitrogen and oxygen atoms in total. The van der Waals surface area contributed by atoms with Gasteiger partial charge in [0.05, 0.1) is 13.2 Å². The molecule has 0 saturated carbocycles. The van der Waals surface area contributed by atoms with Crippen molar-refractivity contribution in [3.8, 4) is 11.5 Å². The van der Waals surface area contributed by atoms with Crippen LogP contribution >= 0.6 is 0 Å². The number of hydrogen-bond acceptors (Lipinski definition) is 4. The molecule has 2 heterocycles. The van der Waals surface area contributed by atoms with Crippen LogP contribution in [0.1, 0.15) is 43.9 Å². The van der Waals surface area contributed by atoms with Crippen LogP contribution in [0.4, 0.5) is 0 Å². The number of nitrogens with zero attached hydrogens (tertiary/aromatic N) is 1. The van der Waals surface area contributed by atoms with Crippen LogP contribution in [0.2, 0.25) is 0 Å². The standard InChI is InChI=1S/C18H27NO3/c1-11(2)6-13-10-19-5-4-12-7-17(21)18(22-3)8-14(12)15(19)9-16(13)20/h7-8,11,13,15-16,20-21H,4-6,9-10H2,1-3H3/t13-,15+,16-/m0/s1. The van der Waals surface area contributed by atoms with Crippen molar-refractivity contribution in [3.05, 3.63) is 23.3 Å². The lowest BCUT2D eigenvalue weighted by Gasteiger charge is -2.46. The molecule has 1 aromatic carbocycles. The molecule has 22 heavy (non-hydrogen) atoms. The number of benzene rings is 1. The zero-order chi connectivity index (χ0) is 15.9. The Morgan fingerprint density at radius 2 is 2.14 bits per heavy atom. The second-order valence-corrected chi connectivity index (χ2v) is 7.18. The Bertz CT molecular complexity index is 543. The Balaban J connectivity index is 1.86. The summed E-state index contributed by atoms with van der Waals surface area (Å²) in [4.78, 5) is 2.50. The van der Waals surface area contributed by atoms with Crippen LogP contribution < -0.4 is 4.74 Å². The maximum atomic E-state index is 10.6. The molecule has 1 fully saturated rings. The van der Waals surface area contributed by atoms with Gasteiger partial charge >= 0.3 is 0 Å². The largest absolute Gasteiger partial charge is 0.504 e. The summed E-state index contributed by atoms with van der Waals surface area (Å²) >= 11 is 0. The average Bonchev–Trinajstić information content (AvgIpc) is 2.47. The van der Waals surface area contributed by atoms with Gasteiger partial charge in [0.2, 0.25) is 0 Å². The summed E-state index contributed by atoms with van der Waals surface area (Å²) in [6.45, 7) is 6.41. The van der Waals surface area contributed by atoms with E-state index in [1.807, 2.05) is 12.1 Å². The highest BCUT2D eigenvalue weighted by Gasteiger charge is 2.38. The monoisotopic (exact) mass is 305 g/mol. The first-order valence-corrected chi connectivity index (χ1v) is 8.31. The highest BCUT2D eigenvalue weighted by molar-refractivity contribution is 5.48. The maximum Gasteiger partial charge on any atom is 0.160 e. The molecule has 2 aliphatic heterocycles. The Kier molecular flexibility index (Phi) is 4.33. The number of ether oxygens (including phenoxy) is 1. The first-order valence-electron chi connectivity index (χ1n) is 8.31. The van der Waals surface area contributed by atoms with Gasteiger partial charge in [-0.2, -0.15) is 0 Å². The van der Waals surface area contributed by atoms with Gasteiger partial charge in [-0.3, -0.25) is 4.90 Å². The van der Waals surface area contributed by atoms with Crippen LogP contribution in [0.5, 0.6) is 11.5 Å². The molecule has 0 spiro atoms. The molecule has 1 aromatic rings. The van der Waals surface area contributed by atoms with Crippen molar-refractivity contribution >= 4 is 0 Å². The summed E-state index contributed by atoms with van der Waals surface area (Å²) < 4.78 is 5.26. The van der Waals surface area contributed by atoms with Crippen LogP contribution in [0.15, 0.2) is 12.1 Å². The Morgan fingerprint density at radius 3 is 2.82 bits per heavy atom. The minimum Gasteiger partial charge on any atom is -0.504 e. The molecule has 2 N–H and O–H groups in total. The summed E-state index contributed by atoms with van der Waals surface area (Å²) in [6, 6.07) is 4.03. The van der Waals surface area contributed by atoms with E-state index in [4.69, 9.17) is 4.74 Å². The van der Waals surface area contributed by atoms with Gasteiger partial charge in [0.1, 0.15) is 0 Å². The van der Waals surface area contributed by atoms with E-state index in [-0.39, 0.29) is 17.9 Å². The average molecular weight is 305 g/mol. The summed E-state index contributed by atoms with van der Waals surface area (Å²) in [7, 11) is 1.58. The number of fused-ring (bicyclic) bond motifs is 3. The molecular formula is C18H27NO3. The first kappa shape index (κ1) is 15.6. The van der Waals surface area contributed by atoms with Crippen molar-refractivity contribution in [1.29, 1.82) is 0 Å². The Labute approximate surface area is 132 Å². The molecule has 0 radical (unpaired) electrons. The van der Waals surface area contributed by atoms with Crippen LogP contribution in [0.25, 0.3) is 0 Å². The maximum absolute atomic E-state index is 10.6. The van der Waals surface area contributed by atoms with E-state index < -0.39 is 0 Å². The molecule has 122 valence electrons. The highest BCUT2D eigenvalue weighted by atomic mass is 16.5. The highest BCUT2D eigenvalue weighted by Crippen LogP contribution is 2.43. The van der Waals surface area contributed by atoms with Gasteiger partial charge in [-0.05, 0) is 54.4 Å². The fourth-order valence-electron chi connectivity index (χ4n) is 4.11. The zero-order valence-corrected chi connectivity index (χ0v) is 13.7. The molecular weight excluding hydrogens is 278 g/mol. The molecule has 3 atom stereocenters. The van der Waals surface area contributed by atoms with Crippen molar-refractivity contribution in [2.24, 2.45) is 11.8 Å². The van der Waals surface area contributed by atoms with Crippen LogP contribution in [0, 0.1) is 11.8 Å². The lowest BCUT2D eigenvalue weighted by Crippen LogP contribution is -2.48. The second-order valence-electron chi connectivity index (χ2n) is 7.18. The van der Waals surface area contributed by atoms with E-state index in [1.54, 1.807) is 7.11 Å². The van der Waals surface area contributed by atoms with Crippen LogP contribution in [-0.4, -0.2) is 41.4 Å². The predicted octanol–water partition coefficient (Wildman–Crippen LogP) is 2.73. The SMILES string of the molecule is COc1cc2c(cc1O)CCN1C[C@H](CC(C)C)[C@@H](O)C[C@H]21. The summed E-state index contributed by atoms with van der Waals surface area (Å²) in [5.41, 5.74) is 2.40. The molecule has 0 bridgehead atoms. The number of aliphatic hydroxyl groups excluding tert-OH is 1. The number of phenolic OH excluding ortho intramolecular Hbond substituents is 1. The van der Waals surface area contributed by atoms with Crippen molar-refractivity contribution in [3.63, 3.8) is 0 Å². The normalized spacial score (nSPS) is 28.3. The number of piperidine rings is 1. The van der Waals surface area contributed by atoms with E-state index in [0.717, 1.165) is 32.4 Å². The van der Waals surface area contributed by atoms with Crippen molar-refractivity contribution < 1.29 is 14.9 Å². The quantitative estimate of drug-likeness (QED) is 0.901. The van der Waals surface area contributed by atoms with Gasteiger partial charge < -0.3 is 14.9 Å². The molecule has 3 rings (SSSR count). The lowest BCUT2D eigenvalue weighted by atomic mass is 9.79. The fraction of sp³-hybridized carbons (Fsp3) is 0.667. The number of aromatic hydroxyl groups is 1. The van der Waals surface area contributed by atoms with Crippen LogP contribution in [0.3, 0.4) is 0 Å². The predicted molar refractivity (Wildman–Crippen MR) is 86.2 cm³/mol. The lowest BCUT2D eigenvalue weighted by molar-refractivity contribution is -0.0191. The molecule has 0 amide bonds. The van der Waals surface area contributed by atoms with Gasteiger partial charge in [0.25, 0.3) is 0 Å². The third-order valence-corrected chi connectivity index (χ3v) is 5.16. The minimum atomic E-state index is -0.241. The molecule has 0 aliphatic carbocycles. The van der Waals surface area contributed by atoms with Crippen molar-refractivity contribution in [2.45, 2.75) is 45.3 Å². The molecule has 4 heteroatoms. The Hall–Kier alpha value is -1.26.